The van der Waals surface area contributed by atoms with Crippen molar-refractivity contribution < 1.29 is 0 Å². The number of hydrogen-bond acceptors (Lipinski definition) is 2. The molecule has 0 bridgehead atoms. The molecule has 1 saturated heterocycles. The first-order chi connectivity index (χ1) is 7.75. The van der Waals surface area contributed by atoms with Crippen molar-refractivity contribution in [2.75, 3.05) is 20.1 Å². The molecule has 1 heterocycles. The summed E-state index contributed by atoms with van der Waals surface area (Å²) < 4.78 is 0. The third-order valence-corrected chi connectivity index (χ3v) is 5.49. The highest BCUT2D eigenvalue weighted by molar-refractivity contribution is 5.06. The minimum absolute atomic E-state index is 0.497. The molecule has 2 nitrogen and oxygen atoms in total. The third kappa shape index (κ3) is 1.70. The van der Waals surface area contributed by atoms with E-state index < -0.39 is 0 Å². The van der Waals surface area contributed by atoms with Crippen molar-refractivity contribution in [3.8, 4) is 0 Å². The molecule has 0 unspecified atom stereocenters. The number of hydrogen-bond donors (Lipinski definition) is 1. The minimum Gasteiger partial charge on any atom is -0.308 e. The van der Waals surface area contributed by atoms with Gasteiger partial charge in [-0.25, -0.2) is 0 Å². The summed E-state index contributed by atoms with van der Waals surface area (Å²) in [7, 11) is 2.38. The van der Waals surface area contributed by atoms with Gasteiger partial charge < -0.3 is 5.32 Å². The molecule has 2 aliphatic carbocycles. The Balaban J connectivity index is 1.72. The molecule has 0 radical (unpaired) electrons. The zero-order valence-corrected chi connectivity index (χ0v) is 10.7. The van der Waals surface area contributed by atoms with Crippen molar-refractivity contribution >= 4 is 0 Å². The lowest BCUT2D eigenvalue weighted by Gasteiger charge is -2.54. The van der Waals surface area contributed by atoms with E-state index in [1.807, 2.05) is 0 Å². The largest absolute Gasteiger partial charge is 0.308 e. The Labute approximate surface area is 99.8 Å². The Morgan fingerprint density at radius 2 is 1.50 bits per heavy atom. The van der Waals surface area contributed by atoms with Gasteiger partial charge in [0.25, 0.3) is 0 Å². The number of rotatable bonds is 0. The van der Waals surface area contributed by atoms with Crippen LogP contribution >= 0.6 is 0 Å². The van der Waals surface area contributed by atoms with Crippen LogP contribution in [-0.4, -0.2) is 36.1 Å². The number of likely N-dealkylation sites (N-methyl/N-ethyl adjacent to an activating group) is 1. The quantitative estimate of drug-likeness (QED) is 0.677. The van der Waals surface area contributed by atoms with E-state index in [2.05, 4.69) is 17.3 Å². The van der Waals surface area contributed by atoms with Crippen molar-refractivity contribution in [1.82, 2.24) is 10.2 Å². The Bertz CT molecular complexity index is 249. The Morgan fingerprint density at radius 3 is 2.12 bits per heavy atom. The van der Waals surface area contributed by atoms with E-state index in [4.69, 9.17) is 0 Å². The summed E-state index contributed by atoms with van der Waals surface area (Å²) in [6.45, 7) is 2.55. The van der Waals surface area contributed by atoms with E-state index in [0.29, 0.717) is 11.1 Å². The van der Waals surface area contributed by atoms with Crippen molar-refractivity contribution in [3.05, 3.63) is 0 Å². The van der Waals surface area contributed by atoms with E-state index in [0.717, 1.165) is 0 Å². The molecule has 2 heteroatoms. The molecule has 0 aromatic carbocycles. The van der Waals surface area contributed by atoms with Gasteiger partial charge in [0, 0.05) is 24.2 Å². The molecule has 0 aromatic rings. The van der Waals surface area contributed by atoms with E-state index in [9.17, 15) is 0 Å². The highest BCUT2D eigenvalue weighted by atomic mass is 15.3. The third-order valence-electron chi connectivity index (χ3n) is 5.49. The molecule has 0 atom stereocenters. The van der Waals surface area contributed by atoms with E-state index >= 15 is 0 Å². The van der Waals surface area contributed by atoms with Crippen LogP contribution in [0, 0.1) is 0 Å². The monoisotopic (exact) mass is 222 g/mol. The van der Waals surface area contributed by atoms with Crippen LogP contribution in [0.4, 0.5) is 0 Å². The SMILES string of the molecule is CN1CC2(CCCC2)NCC12CCCCC2. The maximum absolute atomic E-state index is 3.94. The Morgan fingerprint density at radius 1 is 0.875 bits per heavy atom. The Hall–Kier alpha value is -0.0800. The van der Waals surface area contributed by atoms with Crippen molar-refractivity contribution in [1.29, 1.82) is 0 Å². The van der Waals surface area contributed by atoms with Gasteiger partial charge in [0.15, 0.2) is 0 Å². The zero-order chi connectivity index (χ0) is 11.1. The van der Waals surface area contributed by atoms with E-state index in [-0.39, 0.29) is 0 Å². The van der Waals surface area contributed by atoms with Gasteiger partial charge >= 0.3 is 0 Å². The van der Waals surface area contributed by atoms with Gasteiger partial charge in [0.2, 0.25) is 0 Å². The molecule has 0 amide bonds. The van der Waals surface area contributed by atoms with Gasteiger partial charge in [-0.3, -0.25) is 4.90 Å². The lowest BCUT2D eigenvalue weighted by atomic mass is 9.76. The molecular weight excluding hydrogens is 196 g/mol. The Kier molecular flexibility index (Phi) is 2.75. The summed E-state index contributed by atoms with van der Waals surface area (Å²) >= 11 is 0. The maximum atomic E-state index is 3.94. The van der Waals surface area contributed by atoms with Gasteiger partial charge in [0.05, 0.1) is 0 Å². The second-order valence-electron chi connectivity index (χ2n) is 6.48. The molecule has 2 saturated carbocycles. The predicted octanol–water partition coefficient (Wildman–Crippen LogP) is 2.54. The van der Waals surface area contributed by atoms with Crippen LogP contribution in [0.5, 0.6) is 0 Å². The molecule has 92 valence electrons. The summed E-state index contributed by atoms with van der Waals surface area (Å²) in [5.41, 5.74) is 1.02. The molecular formula is C14H26N2. The standard InChI is InChI=1S/C14H26N2/c1-16-12-13(7-5-6-8-13)15-11-14(16)9-3-2-4-10-14/h15H,2-12H2,1H3. The van der Waals surface area contributed by atoms with Gasteiger partial charge in [-0.05, 0) is 32.7 Å². The van der Waals surface area contributed by atoms with Crippen LogP contribution in [0.15, 0.2) is 0 Å². The average molecular weight is 222 g/mol. The van der Waals surface area contributed by atoms with Crippen LogP contribution in [0.25, 0.3) is 0 Å². The summed E-state index contributed by atoms with van der Waals surface area (Å²) in [5.74, 6) is 0. The van der Waals surface area contributed by atoms with Crippen LogP contribution in [-0.2, 0) is 0 Å². The lowest BCUT2D eigenvalue weighted by Crippen LogP contribution is -2.68. The minimum atomic E-state index is 0.497. The smallest absolute Gasteiger partial charge is 0.0331 e. The molecule has 1 N–H and O–H groups in total. The predicted molar refractivity (Wildman–Crippen MR) is 67.6 cm³/mol. The first-order valence-corrected chi connectivity index (χ1v) is 7.21. The topological polar surface area (TPSA) is 15.3 Å². The van der Waals surface area contributed by atoms with Crippen LogP contribution in [0.2, 0.25) is 0 Å². The molecule has 16 heavy (non-hydrogen) atoms. The summed E-state index contributed by atoms with van der Waals surface area (Å²) in [4.78, 5) is 2.72. The van der Waals surface area contributed by atoms with E-state index in [1.165, 1.54) is 70.9 Å². The fraction of sp³-hybridized carbons (Fsp3) is 1.00. The fourth-order valence-electron chi connectivity index (χ4n) is 4.32. The van der Waals surface area contributed by atoms with Gasteiger partial charge in [0.1, 0.15) is 0 Å². The number of nitrogens with zero attached hydrogens (tertiary/aromatic N) is 1. The molecule has 3 aliphatic rings. The maximum Gasteiger partial charge on any atom is 0.0331 e. The van der Waals surface area contributed by atoms with Crippen LogP contribution in [0.3, 0.4) is 0 Å². The van der Waals surface area contributed by atoms with Crippen LogP contribution < -0.4 is 5.32 Å². The fourth-order valence-corrected chi connectivity index (χ4v) is 4.32. The van der Waals surface area contributed by atoms with Crippen LogP contribution in [0.1, 0.15) is 57.8 Å². The lowest BCUT2D eigenvalue weighted by molar-refractivity contribution is 0.00193. The normalized spacial score (nSPS) is 33.6. The molecule has 3 fully saturated rings. The summed E-state index contributed by atoms with van der Waals surface area (Å²) in [6, 6.07) is 0. The zero-order valence-electron chi connectivity index (χ0n) is 10.7. The van der Waals surface area contributed by atoms with Crippen molar-refractivity contribution in [2.24, 2.45) is 0 Å². The first-order valence-electron chi connectivity index (χ1n) is 7.21. The number of piperazine rings is 1. The first kappa shape index (κ1) is 11.0. The summed E-state index contributed by atoms with van der Waals surface area (Å²) in [5, 5.41) is 3.94. The molecule has 0 aromatic heterocycles. The number of nitrogens with one attached hydrogen (secondary N) is 1. The molecule has 1 aliphatic heterocycles. The molecule has 2 spiro atoms. The highest BCUT2D eigenvalue weighted by Crippen LogP contribution is 2.40. The average Bonchev–Trinajstić information content (AvgIpc) is 2.75. The van der Waals surface area contributed by atoms with Crippen molar-refractivity contribution in [3.63, 3.8) is 0 Å². The highest BCUT2D eigenvalue weighted by Gasteiger charge is 2.46. The van der Waals surface area contributed by atoms with Crippen molar-refractivity contribution in [2.45, 2.75) is 68.9 Å². The second-order valence-corrected chi connectivity index (χ2v) is 6.48. The second kappa shape index (κ2) is 3.99. The van der Waals surface area contributed by atoms with Gasteiger partial charge in [-0.1, -0.05) is 32.1 Å². The summed E-state index contributed by atoms with van der Waals surface area (Å²) in [6.07, 6.45) is 12.9. The van der Waals surface area contributed by atoms with Gasteiger partial charge in [-0.2, -0.15) is 0 Å². The molecule has 3 rings (SSSR count). The van der Waals surface area contributed by atoms with Gasteiger partial charge in [-0.15, -0.1) is 0 Å². The van der Waals surface area contributed by atoms with E-state index in [1.54, 1.807) is 0 Å².